The van der Waals surface area contributed by atoms with Crippen LogP contribution in [0.2, 0.25) is 0 Å². The van der Waals surface area contributed by atoms with Gasteiger partial charge in [-0.25, -0.2) is 0 Å². The lowest BCUT2D eigenvalue weighted by Crippen LogP contribution is -2.10. The lowest BCUT2D eigenvalue weighted by Gasteiger charge is -2.27. The Labute approximate surface area is 308 Å². The number of hydrogen-bond acceptors (Lipinski definition) is 4. The van der Waals surface area contributed by atoms with E-state index in [9.17, 15) is 0 Å². The molecule has 0 fully saturated rings. The molecule has 0 N–H and O–H groups in total. The zero-order valence-corrected chi connectivity index (χ0v) is 29.5. The number of fused-ring (bicyclic) bond motifs is 9. The molecule has 0 aliphatic rings. The second kappa shape index (κ2) is 11.7. The summed E-state index contributed by atoms with van der Waals surface area (Å²) in [6.45, 7) is 0. The van der Waals surface area contributed by atoms with Gasteiger partial charge in [-0.15, -0.1) is 22.7 Å². The van der Waals surface area contributed by atoms with Gasteiger partial charge in [-0.05, 0) is 70.8 Å². The van der Waals surface area contributed by atoms with Gasteiger partial charge in [-0.2, -0.15) is 0 Å². The Morgan fingerprint density at radius 3 is 1.87 bits per heavy atom. The van der Waals surface area contributed by atoms with Gasteiger partial charge < -0.3 is 9.32 Å². The first kappa shape index (κ1) is 29.5. The van der Waals surface area contributed by atoms with E-state index in [2.05, 4.69) is 175 Å². The number of rotatable bonds is 5. The van der Waals surface area contributed by atoms with E-state index < -0.39 is 0 Å². The third kappa shape index (κ3) is 4.48. The highest BCUT2D eigenvalue weighted by Gasteiger charge is 2.23. The maximum atomic E-state index is 6.44. The number of benzene rings is 8. The van der Waals surface area contributed by atoms with Crippen LogP contribution in [0.3, 0.4) is 0 Å². The molecule has 52 heavy (non-hydrogen) atoms. The van der Waals surface area contributed by atoms with Gasteiger partial charge in [0.25, 0.3) is 0 Å². The van der Waals surface area contributed by atoms with Crippen LogP contribution in [0.15, 0.2) is 180 Å². The molecule has 3 aromatic heterocycles. The van der Waals surface area contributed by atoms with E-state index in [0.29, 0.717) is 0 Å². The van der Waals surface area contributed by atoms with E-state index in [-0.39, 0.29) is 0 Å². The number of anilines is 3. The predicted octanol–water partition coefficient (Wildman–Crippen LogP) is 15.1. The number of para-hydroxylation sites is 1. The maximum Gasteiger partial charge on any atom is 0.137 e. The minimum Gasteiger partial charge on any atom is -0.456 e. The SMILES string of the molecule is c1ccc(-c2cccc3c2sc2c(N(c4ccc(-c5cccc6sc7ccccc7c56)cc4)c4cccc5oc6ccccc6c45)cccc23)cc1. The third-order valence-electron chi connectivity index (χ3n) is 10.3. The van der Waals surface area contributed by atoms with Crippen molar-refractivity contribution in [2.24, 2.45) is 0 Å². The molecule has 4 heteroatoms. The molecule has 11 aromatic rings. The molecule has 2 nitrogen and oxygen atoms in total. The summed E-state index contributed by atoms with van der Waals surface area (Å²) in [6, 6.07) is 63.6. The first-order valence-corrected chi connectivity index (χ1v) is 19.1. The third-order valence-corrected chi connectivity index (χ3v) is 12.7. The molecule has 0 saturated heterocycles. The molecule has 0 saturated carbocycles. The Bertz CT molecular complexity index is 3130. The standard InChI is InChI=1S/C48H29NOS2/c1-2-12-30(13-3-1)34-17-8-18-35-36-19-9-21-40(48(36)52-47(34)35)49(39-20-11-23-42-46(39)37-14-4-6-22-41(37)50-42)32-28-26-31(27-29-32)33-16-10-25-44-45(33)38-15-5-7-24-43(38)51-44/h1-29H. The Balaban J connectivity index is 1.16. The molecular weight excluding hydrogens is 671 g/mol. The molecule has 0 unspecified atom stereocenters. The highest BCUT2D eigenvalue weighted by molar-refractivity contribution is 7.27. The zero-order valence-electron chi connectivity index (χ0n) is 27.9. The summed E-state index contributed by atoms with van der Waals surface area (Å²) in [6.07, 6.45) is 0. The second-order valence-electron chi connectivity index (χ2n) is 13.2. The van der Waals surface area contributed by atoms with Gasteiger partial charge in [-0.1, -0.05) is 127 Å². The quantitative estimate of drug-likeness (QED) is 0.178. The first-order chi connectivity index (χ1) is 25.8. The monoisotopic (exact) mass is 699 g/mol. The molecular formula is C48H29NOS2. The summed E-state index contributed by atoms with van der Waals surface area (Å²) < 4.78 is 11.6. The molecule has 11 rings (SSSR count). The first-order valence-electron chi connectivity index (χ1n) is 17.5. The van der Waals surface area contributed by atoms with E-state index in [1.165, 1.54) is 62.6 Å². The summed E-state index contributed by atoms with van der Waals surface area (Å²) in [4.78, 5) is 2.44. The number of hydrogen-bond donors (Lipinski definition) is 0. The van der Waals surface area contributed by atoms with Crippen LogP contribution in [0.25, 0.3) is 84.5 Å². The summed E-state index contributed by atoms with van der Waals surface area (Å²) >= 11 is 3.74. The Morgan fingerprint density at radius 2 is 0.981 bits per heavy atom. The number of nitrogens with zero attached hydrogens (tertiary/aromatic N) is 1. The fraction of sp³-hybridized carbons (Fsp3) is 0. The Hall–Kier alpha value is -6.20. The van der Waals surface area contributed by atoms with E-state index in [1.54, 1.807) is 0 Å². The number of thiophene rings is 2. The average Bonchev–Trinajstić information content (AvgIpc) is 3.91. The van der Waals surface area contributed by atoms with Crippen LogP contribution in [0.4, 0.5) is 17.1 Å². The van der Waals surface area contributed by atoms with Gasteiger partial charge in [0, 0.05) is 46.7 Å². The molecule has 0 aliphatic carbocycles. The summed E-state index contributed by atoms with van der Waals surface area (Å²) in [7, 11) is 0. The van der Waals surface area contributed by atoms with Crippen LogP contribution in [0, 0.1) is 0 Å². The van der Waals surface area contributed by atoms with Crippen molar-refractivity contribution >= 4 is 102 Å². The molecule has 0 amide bonds. The fourth-order valence-electron chi connectivity index (χ4n) is 7.98. The molecule has 0 bridgehead atoms. The molecule has 0 aliphatic heterocycles. The van der Waals surface area contributed by atoms with Gasteiger partial charge in [0.15, 0.2) is 0 Å². The lowest BCUT2D eigenvalue weighted by molar-refractivity contribution is 0.669. The van der Waals surface area contributed by atoms with Gasteiger partial charge in [0.1, 0.15) is 11.2 Å². The molecule has 3 heterocycles. The van der Waals surface area contributed by atoms with E-state index >= 15 is 0 Å². The van der Waals surface area contributed by atoms with Gasteiger partial charge in [0.2, 0.25) is 0 Å². The smallest absolute Gasteiger partial charge is 0.137 e. The van der Waals surface area contributed by atoms with Crippen molar-refractivity contribution in [1.82, 2.24) is 0 Å². The van der Waals surface area contributed by atoms with Crippen molar-refractivity contribution in [3.63, 3.8) is 0 Å². The van der Waals surface area contributed by atoms with Gasteiger partial charge in [0.05, 0.1) is 21.5 Å². The van der Waals surface area contributed by atoms with Crippen molar-refractivity contribution in [2.45, 2.75) is 0 Å². The van der Waals surface area contributed by atoms with E-state index in [0.717, 1.165) is 39.0 Å². The molecule has 8 aromatic carbocycles. The maximum absolute atomic E-state index is 6.44. The topological polar surface area (TPSA) is 16.4 Å². The fourth-order valence-corrected chi connectivity index (χ4v) is 10.5. The van der Waals surface area contributed by atoms with Crippen LogP contribution in [0.5, 0.6) is 0 Å². The molecule has 0 radical (unpaired) electrons. The summed E-state index contributed by atoms with van der Waals surface area (Å²) in [5, 5.41) is 7.40. The highest BCUT2D eigenvalue weighted by atomic mass is 32.1. The zero-order chi connectivity index (χ0) is 34.2. The minimum absolute atomic E-state index is 0.881. The van der Waals surface area contributed by atoms with Crippen molar-refractivity contribution in [1.29, 1.82) is 0 Å². The van der Waals surface area contributed by atoms with Crippen LogP contribution in [-0.4, -0.2) is 0 Å². The molecule has 244 valence electrons. The summed E-state index contributed by atoms with van der Waals surface area (Å²) in [5.74, 6) is 0. The largest absolute Gasteiger partial charge is 0.456 e. The van der Waals surface area contributed by atoms with Crippen molar-refractivity contribution in [3.05, 3.63) is 176 Å². The van der Waals surface area contributed by atoms with Crippen LogP contribution in [-0.2, 0) is 0 Å². The molecule has 0 spiro atoms. The van der Waals surface area contributed by atoms with Crippen molar-refractivity contribution in [2.75, 3.05) is 4.90 Å². The van der Waals surface area contributed by atoms with E-state index in [1.807, 2.05) is 28.7 Å². The molecule has 0 atom stereocenters. The average molecular weight is 700 g/mol. The normalized spacial score (nSPS) is 11.8. The Kier molecular flexibility index (Phi) is 6.63. The van der Waals surface area contributed by atoms with Gasteiger partial charge in [-0.3, -0.25) is 0 Å². The van der Waals surface area contributed by atoms with Crippen LogP contribution in [0.1, 0.15) is 0 Å². The van der Waals surface area contributed by atoms with Gasteiger partial charge >= 0.3 is 0 Å². The van der Waals surface area contributed by atoms with Crippen molar-refractivity contribution < 1.29 is 4.42 Å². The lowest BCUT2D eigenvalue weighted by atomic mass is 9.99. The Morgan fingerprint density at radius 1 is 0.365 bits per heavy atom. The van der Waals surface area contributed by atoms with Crippen LogP contribution < -0.4 is 4.90 Å². The van der Waals surface area contributed by atoms with Crippen molar-refractivity contribution in [3.8, 4) is 22.3 Å². The minimum atomic E-state index is 0.881. The second-order valence-corrected chi connectivity index (χ2v) is 15.3. The highest BCUT2D eigenvalue weighted by Crippen LogP contribution is 2.50. The number of furan rings is 1. The van der Waals surface area contributed by atoms with Crippen LogP contribution >= 0.6 is 22.7 Å². The van der Waals surface area contributed by atoms with E-state index in [4.69, 9.17) is 4.42 Å². The summed E-state index contributed by atoms with van der Waals surface area (Å²) in [5.41, 5.74) is 10.1. The predicted molar refractivity (Wildman–Crippen MR) is 225 cm³/mol.